The Morgan fingerprint density at radius 2 is 0.273 bits per heavy atom. The molecule has 0 radical (unpaired) electrons. The van der Waals surface area contributed by atoms with E-state index in [4.69, 9.17) is 0 Å². The van der Waals surface area contributed by atoms with Crippen LogP contribution in [0, 0.1) is 0 Å². The van der Waals surface area contributed by atoms with Crippen LogP contribution in [0.15, 0.2) is 0 Å². The molecule has 22 N–H and O–H groups in total. The molecule has 0 rings (SSSR count). The maximum absolute atomic E-state index is 0. The van der Waals surface area contributed by atoms with Crippen molar-refractivity contribution in [2.75, 3.05) is 0 Å². The van der Waals surface area contributed by atoms with Crippen LogP contribution in [0.1, 0.15) is 0 Å². The van der Waals surface area contributed by atoms with Crippen molar-refractivity contribution in [3.63, 3.8) is 0 Å². The molecule has 0 aliphatic heterocycles. The molecule has 0 bridgehead atoms. The normalized spacial score (nSPS) is 0. The van der Waals surface area contributed by atoms with Gasteiger partial charge in [-0.1, -0.05) is 0 Å². The van der Waals surface area contributed by atoms with E-state index in [2.05, 4.69) is 0 Å². The average Bonchev–Trinajstić information content (AvgIpc) is 0. The standard InChI is InChI=1S/4FH.4H3N.3H2O/h4*1H;4*1H3;3*1H2. The summed E-state index contributed by atoms with van der Waals surface area (Å²) in [6, 6.07) is 0. The summed E-state index contributed by atoms with van der Waals surface area (Å²) in [6.45, 7) is 0. The fourth-order valence-corrected chi connectivity index (χ4v) is 0. The van der Waals surface area contributed by atoms with Gasteiger partial charge in [-0.15, -0.1) is 0 Å². The monoisotopic (exact) mass is 202 g/mol. The van der Waals surface area contributed by atoms with Crippen LogP contribution < -0.4 is 43.4 Å². The second-order valence-corrected chi connectivity index (χ2v) is 0. The van der Waals surface area contributed by atoms with Gasteiger partial charge in [-0.05, 0) is 0 Å². The van der Waals surface area contributed by atoms with Crippen LogP contribution >= 0.6 is 0 Å². The van der Waals surface area contributed by atoms with Crippen molar-refractivity contribution in [1.82, 2.24) is 24.6 Å². The quantitative estimate of drug-likeness (QED) is 0.267. The van der Waals surface area contributed by atoms with Gasteiger partial charge in [0, 0.05) is 0 Å². The highest BCUT2D eigenvalue weighted by Crippen LogP contribution is -0.287. The first-order valence-electron chi connectivity index (χ1n) is 0. The molecule has 11 heteroatoms. The summed E-state index contributed by atoms with van der Waals surface area (Å²) in [4.78, 5) is 0. The third-order valence-corrected chi connectivity index (χ3v) is 0. The minimum absolute atomic E-state index is 0. The van der Waals surface area contributed by atoms with Crippen LogP contribution in [-0.4, -0.2) is 16.4 Å². The molecular weight excluding hydrogens is 180 g/mol. The molecule has 0 unspecified atom stereocenters. The Morgan fingerprint density at radius 3 is 0.273 bits per heavy atom. The maximum Gasteiger partial charge on any atom is -0.369 e. The van der Waals surface area contributed by atoms with E-state index >= 15 is 0 Å². The summed E-state index contributed by atoms with van der Waals surface area (Å²) in [5.41, 5.74) is 0. The van der Waals surface area contributed by atoms with E-state index in [1.165, 1.54) is 0 Å². The first kappa shape index (κ1) is 2970. The van der Waals surface area contributed by atoms with E-state index < -0.39 is 0 Å². The lowest BCUT2D eigenvalue weighted by Gasteiger charge is -1.00. The van der Waals surface area contributed by atoms with E-state index in [1.54, 1.807) is 0 Å². The second kappa shape index (κ2) is 2140. The zero-order valence-corrected chi connectivity index (χ0v) is 7.01. The SMILES string of the molecule is O.O.O.[F-].[F-].[F-].[F-].[NH4+].[NH4+].[NH4+].[NH4+]. The number of hydrogen-bond acceptors (Lipinski definition) is 0. The zero-order chi connectivity index (χ0) is 0. The summed E-state index contributed by atoms with van der Waals surface area (Å²) in [7, 11) is 0. The molecule has 88 valence electrons. The topological polar surface area (TPSA) is 240 Å². The van der Waals surface area contributed by atoms with Gasteiger partial charge in [0.25, 0.3) is 0 Å². The van der Waals surface area contributed by atoms with Crippen LogP contribution in [0.2, 0.25) is 0 Å². The predicted molar refractivity (Wildman–Crippen MR) is 34.8 cm³/mol. The van der Waals surface area contributed by atoms with E-state index in [9.17, 15) is 0 Å². The Balaban J connectivity index is 0. The minimum atomic E-state index is 0. The highest BCUT2D eigenvalue weighted by Gasteiger charge is -0.366. The Bertz CT molecular complexity index is 17.3. The molecule has 11 heavy (non-hydrogen) atoms. The van der Waals surface area contributed by atoms with Gasteiger partial charge in [-0.2, -0.15) is 0 Å². The van der Waals surface area contributed by atoms with Crippen LogP contribution in [0.4, 0.5) is 0 Å². The van der Waals surface area contributed by atoms with Crippen molar-refractivity contribution in [1.29, 1.82) is 0 Å². The molecule has 0 aliphatic carbocycles. The van der Waals surface area contributed by atoms with Gasteiger partial charge in [0.05, 0.1) is 0 Å². The number of quaternary nitrogens is 4. The van der Waals surface area contributed by atoms with Crippen molar-refractivity contribution >= 4 is 0 Å². The molecule has 0 heterocycles. The van der Waals surface area contributed by atoms with Gasteiger partial charge in [0.1, 0.15) is 0 Å². The second-order valence-electron chi connectivity index (χ2n) is 0. The number of rotatable bonds is 0. The molecule has 0 saturated carbocycles. The van der Waals surface area contributed by atoms with Gasteiger partial charge >= 0.3 is 0 Å². The molecule has 0 fully saturated rings. The lowest BCUT2D eigenvalue weighted by molar-refractivity contribution is -0.00100. The van der Waals surface area contributed by atoms with Gasteiger partial charge in [-0.3, -0.25) is 0 Å². The van der Waals surface area contributed by atoms with E-state index in [0.717, 1.165) is 0 Å². The van der Waals surface area contributed by atoms with E-state index in [1.807, 2.05) is 0 Å². The molecule has 0 amide bonds. The fraction of sp³-hybridized carbons (Fsp3) is 0. The molecule has 0 atom stereocenters. The third kappa shape index (κ3) is 1670. The average molecular weight is 202 g/mol. The summed E-state index contributed by atoms with van der Waals surface area (Å²) >= 11 is 0. The van der Waals surface area contributed by atoms with Gasteiger partial charge in [-0.25, -0.2) is 0 Å². The Morgan fingerprint density at radius 1 is 0.273 bits per heavy atom. The molecule has 0 spiro atoms. The first-order chi connectivity index (χ1) is 0. The fourth-order valence-electron chi connectivity index (χ4n) is 0. The summed E-state index contributed by atoms with van der Waals surface area (Å²) in [5, 5.41) is 0. The maximum atomic E-state index is 0. The molecule has 0 aromatic carbocycles. The predicted octanol–water partition coefficient (Wildman–Crippen LogP) is -13.0. The molecule has 0 aromatic heterocycles. The number of halogens is 4. The van der Waals surface area contributed by atoms with Gasteiger partial charge in [0.15, 0.2) is 0 Å². The molecule has 0 saturated heterocycles. The van der Waals surface area contributed by atoms with Gasteiger partial charge < -0.3 is 59.8 Å². The molecular formula is H22F4N4O3. The number of hydrogen-bond donors (Lipinski definition) is 4. The van der Waals surface area contributed by atoms with Crippen LogP contribution in [0.5, 0.6) is 0 Å². The van der Waals surface area contributed by atoms with Crippen molar-refractivity contribution in [2.45, 2.75) is 0 Å². The highest BCUT2D eigenvalue weighted by molar-refractivity contribution is 2.14. The van der Waals surface area contributed by atoms with Gasteiger partial charge in [0.2, 0.25) is 0 Å². The summed E-state index contributed by atoms with van der Waals surface area (Å²) < 4.78 is 0. The van der Waals surface area contributed by atoms with Crippen molar-refractivity contribution in [3.8, 4) is 0 Å². The third-order valence-electron chi connectivity index (χ3n) is 0. The lowest BCUT2D eigenvalue weighted by atomic mass is 14.0. The lowest BCUT2D eigenvalue weighted by Crippen LogP contribution is -3.00. The zero-order valence-electron chi connectivity index (χ0n) is 7.01. The molecule has 7 nitrogen and oxygen atoms in total. The van der Waals surface area contributed by atoms with Crippen molar-refractivity contribution in [2.24, 2.45) is 0 Å². The minimum Gasteiger partial charge on any atom is -1.00 e. The smallest absolute Gasteiger partial charge is 0.369 e. The Hall–Kier alpha value is -0.560. The Labute approximate surface area is 61.3 Å². The highest BCUT2D eigenvalue weighted by atomic mass is 19.0. The van der Waals surface area contributed by atoms with E-state index in [-0.39, 0.29) is 59.8 Å². The van der Waals surface area contributed by atoms with Crippen LogP contribution in [0.25, 0.3) is 0 Å². The van der Waals surface area contributed by atoms with Crippen molar-refractivity contribution in [3.05, 3.63) is 0 Å². The van der Waals surface area contributed by atoms with E-state index in [0.29, 0.717) is 0 Å². The summed E-state index contributed by atoms with van der Waals surface area (Å²) in [5.74, 6) is 0. The first-order valence-corrected chi connectivity index (χ1v) is 0. The van der Waals surface area contributed by atoms with Crippen LogP contribution in [0.3, 0.4) is 0 Å². The summed E-state index contributed by atoms with van der Waals surface area (Å²) in [6.07, 6.45) is 0. The molecule has 0 aromatic rings. The Kier molecular flexibility index (Phi) is 578000. The van der Waals surface area contributed by atoms with Crippen LogP contribution in [-0.2, 0) is 0 Å². The largest absolute Gasteiger partial charge is 1.00 e. The molecule has 0 aliphatic rings. The van der Waals surface area contributed by atoms with Crippen molar-refractivity contribution < 1.29 is 35.2 Å².